The number of aromatic nitrogens is 2. The molecule has 0 aromatic carbocycles. The first kappa shape index (κ1) is 29.1. The molecule has 0 radical (unpaired) electrons. The SMILES string of the molecule is CCCCCCCCCCCCC(Br)C(=O)OCC1OC(n2cc(C)c(=O)[nH]c2=O)CC1N=[N+]=[N-]. The van der Waals surface area contributed by atoms with Crippen LogP contribution in [0.4, 0.5) is 0 Å². The van der Waals surface area contributed by atoms with Crippen LogP contribution in [0.5, 0.6) is 0 Å². The van der Waals surface area contributed by atoms with Gasteiger partial charge in [-0.25, -0.2) is 4.79 Å². The summed E-state index contributed by atoms with van der Waals surface area (Å²) >= 11 is 3.41. The Hall–Kier alpha value is -2.10. The second-order valence-corrected chi connectivity index (χ2v) is 10.3. The Balaban J connectivity index is 1.73. The molecule has 0 aliphatic carbocycles. The number of H-pyrrole nitrogens is 1. The Labute approximate surface area is 214 Å². The summed E-state index contributed by atoms with van der Waals surface area (Å²) in [5, 5.41) is 3.74. The molecule has 11 heteroatoms. The third-order valence-corrected chi connectivity index (χ3v) is 7.15. The number of halogens is 1. The van der Waals surface area contributed by atoms with Gasteiger partial charge in [0.05, 0.1) is 6.04 Å². The predicted molar refractivity (Wildman–Crippen MR) is 138 cm³/mol. The maximum atomic E-state index is 12.4. The number of aryl methyl sites for hydroxylation is 1. The number of carbonyl (C=O) groups is 1. The zero-order valence-electron chi connectivity index (χ0n) is 20.8. The van der Waals surface area contributed by atoms with Crippen LogP contribution < -0.4 is 11.2 Å². The Morgan fingerprint density at radius 2 is 1.86 bits per heavy atom. The first-order valence-electron chi connectivity index (χ1n) is 12.7. The van der Waals surface area contributed by atoms with Crippen LogP contribution in [0.25, 0.3) is 10.4 Å². The van der Waals surface area contributed by atoms with Crippen molar-refractivity contribution in [2.45, 2.75) is 114 Å². The van der Waals surface area contributed by atoms with Gasteiger partial charge in [0.25, 0.3) is 5.56 Å². The molecule has 2 heterocycles. The number of hydrogen-bond acceptors (Lipinski definition) is 6. The molecule has 1 aromatic rings. The monoisotopic (exact) mass is 555 g/mol. The largest absolute Gasteiger partial charge is 0.462 e. The molecular weight excluding hydrogens is 518 g/mol. The molecular formula is C24H38BrN5O5. The molecule has 0 saturated carbocycles. The predicted octanol–water partition coefficient (Wildman–Crippen LogP) is 5.43. The molecule has 0 spiro atoms. The van der Waals surface area contributed by atoms with Crippen molar-refractivity contribution >= 4 is 21.9 Å². The Bertz CT molecular complexity index is 958. The number of nitrogens with zero attached hydrogens (tertiary/aromatic N) is 4. The lowest BCUT2D eigenvalue weighted by molar-refractivity contribution is -0.148. The van der Waals surface area contributed by atoms with Crippen LogP contribution in [-0.2, 0) is 14.3 Å². The van der Waals surface area contributed by atoms with E-state index in [0.717, 1.165) is 12.8 Å². The van der Waals surface area contributed by atoms with Crippen molar-refractivity contribution in [3.8, 4) is 0 Å². The van der Waals surface area contributed by atoms with E-state index >= 15 is 0 Å². The van der Waals surface area contributed by atoms with Crippen molar-refractivity contribution in [1.82, 2.24) is 9.55 Å². The number of carbonyl (C=O) groups excluding carboxylic acids is 1. The van der Waals surface area contributed by atoms with Gasteiger partial charge in [-0.3, -0.25) is 19.1 Å². The van der Waals surface area contributed by atoms with Crippen molar-refractivity contribution in [3.05, 3.63) is 43.0 Å². The molecule has 1 N–H and O–H groups in total. The van der Waals surface area contributed by atoms with Gasteiger partial charge >= 0.3 is 11.7 Å². The van der Waals surface area contributed by atoms with Gasteiger partial charge in [-0.05, 0) is 18.9 Å². The molecule has 10 nitrogen and oxygen atoms in total. The maximum absolute atomic E-state index is 12.4. The Morgan fingerprint density at radius 3 is 2.49 bits per heavy atom. The number of alkyl halides is 1. The molecule has 1 aliphatic heterocycles. The van der Waals surface area contributed by atoms with Crippen LogP contribution in [0, 0.1) is 6.92 Å². The van der Waals surface area contributed by atoms with E-state index in [-0.39, 0.29) is 19.0 Å². The van der Waals surface area contributed by atoms with Gasteiger partial charge in [-0.1, -0.05) is 92.2 Å². The second kappa shape index (κ2) is 15.8. The number of esters is 1. The molecule has 35 heavy (non-hydrogen) atoms. The highest BCUT2D eigenvalue weighted by Crippen LogP contribution is 2.30. The van der Waals surface area contributed by atoms with E-state index in [9.17, 15) is 14.4 Å². The van der Waals surface area contributed by atoms with Gasteiger partial charge in [0.2, 0.25) is 0 Å². The summed E-state index contributed by atoms with van der Waals surface area (Å²) in [4.78, 5) is 40.9. The number of hydrogen-bond donors (Lipinski definition) is 1. The van der Waals surface area contributed by atoms with Crippen LogP contribution in [0.2, 0.25) is 0 Å². The number of ether oxygens (including phenoxy) is 2. The van der Waals surface area contributed by atoms with Gasteiger partial charge in [0.1, 0.15) is 23.8 Å². The number of nitrogens with one attached hydrogen (secondary N) is 1. The van der Waals surface area contributed by atoms with Crippen LogP contribution in [0.3, 0.4) is 0 Å². The fourth-order valence-corrected chi connectivity index (χ4v) is 4.66. The molecule has 2 rings (SSSR count). The van der Waals surface area contributed by atoms with Crippen molar-refractivity contribution in [1.29, 1.82) is 0 Å². The normalized spacial score (nSPS) is 20.4. The molecule has 1 fully saturated rings. The molecule has 4 unspecified atom stereocenters. The van der Waals surface area contributed by atoms with Crippen molar-refractivity contribution < 1.29 is 14.3 Å². The van der Waals surface area contributed by atoms with Crippen LogP contribution >= 0.6 is 15.9 Å². The number of unbranched alkanes of at least 4 members (excludes halogenated alkanes) is 9. The molecule has 4 atom stereocenters. The van der Waals surface area contributed by atoms with Gasteiger partial charge in [-0.15, -0.1) is 0 Å². The fourth-order valence-electron chi connectivity index (χ4n) is 4.21. The Morgan fingerprint density at radius 1 is 1.23 bits per heavy atom. The molecule has 196 valence electrons. The highest BCUT2D eigenvalue weighted by Gasteiger charge is 2.37. The highest BCUT2D eigenvalue weighted by atomic mass is 79.9. The van der Waals surface area contributed by atoms with E-state index in [4.69, 9.17) is 15.0 Å². The van der Waals surface area contributed by atoms with Gasteiger partial charge in [0, 0.05) is 23.1 Å². The van der Waals surface area contributed by atoms with Crippen LogP contribution in [-0.4, -0.2) is 39.1 Å². The average Bonchev–Trinajstić information content (AvgIpc) is 3.23. The quantitative estimate of drug-likeness (QED) is 0.0722. The van der Waals surface area contributed by atoms with E-state index in [1.54, 1.807) is 6.92 Å². The van der Waals surface area contributed by atoms with Crippen LogP contribution in [0.1, 0.15) is 95.8 Å². The van der Waals surface area contributed by atoms with Crippen molar-refractivity contribution in [2.75, 3.05) is 6.61 Å². The Kier molecular flexibility index (Phi) is 13.2. The number of rotatable bonds is 16. The smallest absolute Gasteiger partial charge is 0.330 e. The minimum Gasteiger partial charge on any atom is -0.462 e. The second-order valence-electron chi connectivity index (χ2n) is 9.18. The minimum absolute atomic E-state index is 0.0871. The first-order valence-corrected chi connectivity index (χ1v) is 13.6. The fraction of sp³-hybridized carbons (Fsp3) is 0.792. The molecule has 0 amide bonds. The lowest BCUT2D eigenvalue weighted by Crippen LogP contribution is -2.33. The zero-order chi connectivity index (χ0) is 25.6. The van der Waals surface area contributed by atoms with Crippen molar-refractivity contribution in [2.24, 2.45) is 5.11 Å². The summed E-state index contributed by atoms with van der Waals surface area (Å²) in [6, 6.07) is -0.604. The summed E-state index contributed by atoms with van der Waals surface area (Å²) in [6.07, 6.45) is 13.2. The maximum Gasteiger partial charge on any atom is 0.330 e. The third kappa shape index (κ3) is 9.82. The average molecular weight is 557 g/mol. The van der Waals surface area contributed by atoms with Crippen LogP contribution in [0.15, 0.2) is 20.9 Å². The van der Waals surface area contributed by atoms with E-state index < -0.39 is 34.4 Å². The standard InChI is InChI=1S/C24H38BrN5O5/c1-3-4-5-6-7-8-9-10-11-12-13-18(25)23(32)34-16-20-19(28-29-26)14-21(35-20)30-15-17(2)22(31)27-24(30)33/h15,18-21H,3-14,16H2,1-2H3,(H,27,31,33). The zero-order valence-corrected chi connectivity index (χ0v) is 22.4. The van der Waals surface area contributed by atoms with E-state index in [1.807, 2.05) is 0 Å². The molecule has 0 bridgehead atoms. The molecule has 1 saturated heterocycles. The summed E-state index contributed by atoms with van der Waals surface area (Å²) in [5.41, 5.74) is 8.18. The van der Waals surface area contributed by atoms with Gasteiger partial charge < -0.3 is 9.47 Å². The van der Waals surface area contributed by atoms with Gasteiger partial charge in [-0.2, -0.15) is 0 Å². The summed E-state index contributed by atoms with van der Waals surface area (Å²) in [7, 11) is 0. The van der Waals surface area contributed by atoms with E-state index in [0.29, 0.717) is 12.0 Å². The summed E-state index contributed by atoms with van der Waals surface area (Å²) in [6.45, 7) is 3.72. The van der Waals surface area contributed by atoms with E-state index in [2.05, 4.69) is 37.9 Å². The number of aromatic amines is 1. The van der Waals surface area contributed by atoms with E-state index in [1.165, 1.54) is 62.1 Å². The highest BCUT2D eigenvalue weighted by molar-refractivity contribution is 9.10. The first-order chi connectivity index (χ1) is 16.9. The van der Waals surface area contributed by atoms with Gasteiger partial charge in [0.15, 0.2) is 0 Å². The molecule has 1 aliphatic rings. The number of azide groups is 1. The third-order valence-electron chi connectivity index (χ3n) is 6.32. The lowest BCUT2D eigenvalue weighted by atomic mass is 10.1. The lowest BCUT2D eigenvalue weighted by Gasteiger charge is -2.18. The summed E-state index contributed by atoms with van der Waals surface area (Å²) < 4.78 is 12.6. The van der Waals surface area contributed by atoms with Crippen molar-refractivity contribution in [3.63, 3.8) is 0 Å². The topological polar surface area (TPSA) is 139 Å². The summed E-state index contributed by atoms with van der Waals surface area (Å²) in [5.74, 6) is -0.385. The minimum atomic E-state index is -0.733. The molecule has 1 aromatic heterocycles.